The number of methoxy groups -OCH3 is 1. The predicted octanol–water partition coefficient (Wildman–Crippen LogP) is 2.54. The Labute approximate surface area is 114 Å². The van der Waals surface area contributed by atoms with Crippen LogP contribution in [0.2, 0.25) is 0 Å². The number of benzene rings is 1. The Bertz CT molecular complexity index is 801. The third-order valence-electron chi connectivity index (χ3n) is 3.19. The van der Waals surface area contributed by atoms with E-state index >= 15 is 0 Å². The summed E-state index contributed by atoms with van der Waals surface area (Å²) in [5, 5.41) is 13.4. The molecule has 2 heterocycles. The summed E-state index contributed by atoms with van der Waals surface area (Å²) >= 11 is 0. The topological polar surface area (TPSA) is 77.5 Å². The molecule has 3 aromatic rings. The van der Waals surface area contributed by atoms with Crippen LogP contribution in [0.3, 0.4) is 0 Å². The first-order valence-electron chi connectivity index (χ1n) is 5.93. The number of carbonyl (C=O) groups is 1. The fourth-order valence-electron chi connectivity index (χ4n) is 2.20. The van der Waals surface area contributed by atoms with Crippen molar-refractivity contribution in [1.82, 2.24) is 9.72 Å². The molecule has 0 atom stereocenters. The second-order valence-corrected chi connectivity index (χ2v) is 4.42. The highest BCUT2D eigenvalue weighted by atomic mass is 16.5. The third kappa shape index (κ3) is 1.82. The lowest BCUT2D eigenvalue weighted by Crippen LogP contribution is -1.94. The number of ether oxygens (including phenoxy) is 1. The van der Waals surface area contributed by atoms with Gasteiger partial charge >= 0.3 is 5.97 Å². The largest absolute Gasteiger partial charge is 0.497 e. The molecule has 20 heavy (non-hydrogen) atoms. The molecule has 3 rings (SSSR count). The number of carboxylic acid groups (broad SMARTS) is 1. The quantitative estimate of drug-likeness (QED) is 0.792. The molecule has 0 aliphatic heterocycles. The van der Waals surface area contributed by atoms with E-state index in [0.717, 1.165) is 22.2 Å². The van der Waals surface area contributed by atoms with Crippen LogP contribution in [-0.4, -0.2) is 27.9 Å². The summed E-state index contributed by atoms with van der Waals surface area (Å²) in [7, 11) is 3.51. The average Bonchev–Trinajstić information content (AvgIpc) is 3.03. The van der Waals surface area contributed by atoms with Crippen molar-refractivity contribution in [3.05, 3.63) is 36.2 Å². The monoisotopic (exact) mass is 272 g/mol. The van der Waals surface area contributed by atoms with Crippen molar-refractivity contribution in [3.63, 3.8) is 0 Å². The van der Waals surface area contributed by atoms with Crippen molar-refractivity contribution < 1.29 is 19.2 Å². The van der Waals surface area contributed by atoms with Crippen LogP contribution in [0.25, 0.3) is 22.2 Å². The molecule has 102 valence electrons. The van der Waals surface area contributed by atoms with E-state index in [1.807, 2.05) is 36.0 Å². The van der Waals surface area contributed by atoms with Crippen LogP contribution >= 0.6 is 0 Å². The van der Waals surface area contributed by atoms with Gasteiger partial charge in [-0.1, -0.05) is 5.16 Å². The number of hydrogen-bond acceptors (Lipinski definition) is 4. The van der Waals surface area contributed by atoms with Crippen LogP contribution in [0.1, 0.15) is 10.5 Å². The average molecular weight is 272 g/mol. The van der Waals surface area contributed by atoms with Crippen LogP contribution in [0.5, 0.6) is 5.75 Å². The van der Waals surface area contributed by atoms with Crippen molar-refractivity contribution >= 4 is 16.9 Å². The van der Waals surface area contributed by atoms with Crippen molar-refractivity contribution in [3.8, 4) is 17.1 Å². The lowest BCUT2D eigenvalue weighted by atomic mass is 10.1. The summed E-state index contributed by atoms with van der Waals surface area (Å²) in [6.07, 6.45) is 1.87. The summed E-state index contributed by atoms with van der Waals surface area (Å²) < 4.78 is 12.3. The molecular weight excluding hydrogens is 260 g/mol. The smallest absolute Gasteiger partial charge is 0.358 e. The van der Waals surface area contributed by atoms with E-state index in [-0.39, 0.29) is 5.69 Å². The number of aryl methyl sites for hydroxylation is 1. The minimum atomic E-state index is -1.11. The van der Waals surface area contributed by atoms with E-state index in [0.29, 0.717) is 5.76 Å². The zero-order chi connectivity index (χ0) is 14.3. The number of hydrogen-bond donors (Lipinski definition) is 1. The van der Waals surface area contributed by atoms with Gasteiger partial charge in [-0.25, -0.2) is 4.79 Å². The Hall–Kier alpha value is -2.76. The Morgan fingerprint density at radius 3 is 2.85 bits per heavy atom. The van der Waals surface area contributed by atoms with Gasteiger partial charge in [-0.15, -0.1) is 0 Å². The van der Waals surface area contributed by atoms with Crippen LogP contribution in [-0.2, 0) is 7.05 Å². The van der Waals surface area contributed by atoms with E-state index in [1.54, 1.807) is 7.11 Å². The minimum absolute atomic E-state index is 0.111. The van der Waals surface area contributed by atoms with Crippen molar-refractivity contribution in [1.29, 1.82) is 0 Å². The molecule has 0 unspecified atom stereocenters. The first-order valence-corrected chi connectivity index (χ1v) is 5.93. The van der Waals surface area contributed by atoms with Crippen LogP contribution in [0, 0.1) is 0 Å². The molecule has 0 fully saturated rings. The van der Waals surface area contributed by atoms with Gasteiger partial charge in [0.25, 0.3) is 0 Å². The van der Waals surface area contributed by atoms with Gasteiger partial charge in [0.1, 0.15) is 5.75 Å². The zero-order valence-electron chi connectivity index (χ0n) is 11.0. The molecule has 0 aliphatic rings. The molecule has 1 aromatic carbocycles. The first kappa shape index (κ1) is 12.3. The normalized spacial score (nSPS) is 10.9. The maximum atomic E-state index is 10.9. The van der Waals surface area contributed by atoms with E-state index in [4.69, 9.17) is 14.4 Å². The summed E-state index contributed by atoms with van der Waals surface area (Å²) in [6, 6.07) is 7.10. The maximum absolute atomic E-state index is 10.9. The fourth-order valence-corrected chi connectivity index (χ4v) is 2.20. The minimum Gasteiger partial charge on any atom is -0.497 e. The highest BCUT2D eigenvalue weighted by Gasteiger charge is 2.16. The molecule has 0 amide bonds. The van der Waals surface area contributed by atoms with Crippen molar-refractivity contribution in [2.75, 3.05) is 7.11 Å². The molecule has 0 saturated heterocycles. The van der Waals surface area contributed by atoms with Crippen LogP contribution in [0.4, 0.5) is 0 Å². The van der Waals surface area contributed by atoms with E-state index < -0.39 is 5.97 Å². The lowest BCUT2D eigenvalue weighted by molar-refractivity contribution is 0.0686. The molecule has 2 aromatic heterocycles. The van der Waals surface area contributed by atoms with Crippen molar-refractivity contribution in [2.24, 2.45) is 7.05 Å². The summed E-state index contributed by atoms with van der Waals surface area (Å²) in [4.78, 5) is 10.9. The third-order valence-corrected chi connectivity index (χ3v) is 3.19. The van der Waals surface area contributed by atoms with Gasteiger partial charge in [0.15, 0.2) is 11.5 Å². The Balaban J connectivity index is 2.21. The number of nitrogens with zero attached hydrogens (tertiary/aromatic N) is 2. The van der Waals surface area contributed by atoms with Crippen molar-refractivity contribution in [2.45, 2.75) is 0 Å². The SMILES string of the molecule is COc1ccc2c(c1)c(-c1cc(C(=O)O)no1)cn2C. The molecule has 6 nitrogen and oxygen atoms in total. The Morgan fingerprint density at radius 2 is 2.20 bits per heavy atom. The highest BCUT2D eigenvalue weighted by Crippen LogP contribution is 2.33. The van der Waals surface area contributed by atoms with Gasteiger partial charge in [0.05, 0.1) is 7.11 Å². The molecule has 1 N–H and O–H groups in total. The van der Waals surface area contributed by atoms with E-state index in [2.05, 4.69) is 5.16 Å². The first-order chi connectivity index (χ1) is 9.60. The number of fused-ring (bicyclic) bond motifs is 1. The molecular formula is C14H12N2O4. The van der Waals surface area contributed by atoms with Gasteiger partial charge in [-0.05, 0) is 18.2 Å². The molecule has 0 spiro atoms. The van der Waals surface area contributed by atoms with Gasteiger partial charge in [0.2, 0.25) is 0 Å². The Morgan fingerprint density at radius 1 is 1.40 bits per heavy atom. The molecule has 6 heteroatoms. The number of aromatic nitrogens is 2. The number of rotatable bonds is 3. The summed E-state index contributed by atoms with van der Waals surface area (Å²) in [5.41, 5.74) is 1.66. The standard InChI is InChI=1S/C14H12N2O4/c1-16-7-10(13-6-11(14(17)18)15-20-13)9-5-8(19-2)3-4-12(9)16/h3-7H,1-2H3,(H,17,18). The van der Waals surface area contributed by atoms with Gasteiger partial charge in [-0.3, -0.25) is 0 Å². The second kappa shape index (κ2) is 4.41. The molecule has 0 radical (unpaired) electrons. The second-order valence-electron chi connectivity index (χ2n) is 4.42. The van der Waals surface area contributed by atoms with Crippen LogP contribution < -0.4 is 4.74 Å². The van der Waals surface area contributed by atoms with Crippen LogP contribution in [0.15, 0.2) is 35.0 Å². The van der Waals surface area contributed by atoms with Gasteiger partial charge in [-0.2, -0.15) is 0 Å². The summed E-state index contributed by atoms with van der Waals surface area (Å²) in [6.45, 7) is 0. The molecule has 0 bridgehead atoms. The molecule has 0 aliphatic carbocycles. The van der Waals surface area contributed by atoms with E-state index in [1.165, 1.54) is 6.07 Å². The molecule has 0 saturated carbocycles. The zero-order valence-corrected chi connectivity index (χ0v) is 11.0. The summed E-state index contributed by atoms with van der Waals surface area (Å²) in [5.74, 6) is 0.0296. The van der Waals surface area contributed by atoms with E-state index in [9.17, 15) is 4.79 Å². The number of aromatic carboxylic acids is 1. The number of carboxylic acids is 1. The fraction of sp³-hybridized carbons (Fsp3) is 0.143. The Kier molecular flexibility index (Phi) is 2.71. The van der Waals surface area contributed by atoms with Gasteiger partial charge in [0, 0.05) is 35.8 Å². The van der Waals surface area contributed by atoms with Gasteiger partial charge < -0.3 is 18.9 Å². The lowest BCUT2D eigenvalue weighted by Gasteiger charge is -2.00. The maximum Gasteiger partial charge on any atom is 0.358 e. The predicted molar refractivity (Wildman–Crippen MR) is 71.9 cm³/mol. The highest BCUT2D eigenvalue weighted by molar-refractivity contribution is 5.96.